The van der Waals surface area contributed by atoms with Gasteiger partial charge in [0.15, 0.2) is 0 Å². The molecule has 0 spiro atoms. The van der Waals surface area contributed by atoms with E-state index in [1.54, 1.807) is 20.8 Å². The van der Waals surface area contributed by atoms with Gasteiger partial charge in [-0.05, 0) is 38.5 Å². The first-order valence-electron chi connectivity index (χ1n) is 6.59. The maximum Gasteiger partial charge on any atom is 0.407 e. The second-order valence-corrected chi connectivity index (χ2v) is 7.44. The molecule has 5 nitrogen and oxygen atoms in total. The molecule has 110 valence electrons. The third kappa shape index (κ3) is 3.85. The van der Waals surface area contributed by atoms with Crippen LogP contribution in [0.25, 0.3) is 0 Å². The molecule has 1 rings (SSSR count). The summed E-state index contributed by atoms with van der Waals surface area (Å²) in [6, 6.07) is 0. The Kier molecular flexibility index (Phi) is 3.90. The molecular weight excluding hydrogens is 246 g/mol. The van der Waals surface area contributed by atoms with E-state index in [9.17, 15) is 14.7 Å². The van der Waals surface area contributed by atoms with Crippen LogP contribution in [0.3, 0.4) is 0 Å². The highest BCUT2D eigenvalue weighted by atomic mass is 16.6. The Morgan fingerprint density at radius 3 is 2.11 bits per heavy atom. The molecule has 0 aromatic rings. The van der Waals surface area contributed by atoms with Gasteiger partial charge in [0.25, 0.3) is 0 Å². The number of nitrogens with one attached hydrogen (secondary N) is 1. The minimum atomic E-state index is -0.844. The summed E-state index contributed by atoms with van der Waals surface area (Å²) >= 11 is 0. The lowest BCUT2D eigenvalue weighted by molar-refractivity contribution is -0.144. The first kappa shape index (κ1) is 15.8. The van der Waals surface area contributed by atoms with Crippen molar-refractivity contribution in [3.8, 4) is 0 Å². The lowest BCUT2D eigenvalue weighted by Gasteiger charge is -2.24. The van der Waals surface area contributed by atoms with Crippen LogP contribution in [0.4, 0.5) is 4.79 Å². The molecule has 1 aliphatic carbocycles. The summed E-state index contributed by atoms with van der Waals surface area (Å²) in [4.78, 5) is 23.0. The van der Waals surface area contributed by atoms with Gasteiger partial charge in [-0.25, -0.2) is 4.79 Å². The van der Waals surface area contributed by atoms with Crippen molar-refractivity contribution in [2.45, 2.75) is 53.6 Å². The van der Waals surface area contributed by atoms with Gasteiger partial charge in [-0.2, -0.15) is 0 Å². The average Bonchev–Trinajstić information content (AvgIpc) is 2.87. The van der Waals surface area contributed by atoms with Crippen molar-refractivity contribution < 1.29 is 19.4 Å². The van der Waals surface area contributed by atoms with E-state index in [4.69, 9.17) is 4.74 Å². The number of hydrogen-bond donors (Lipinski definition) is 2. The van der Waals surface area contributed by atoms with Crippen LogP contribution < -0.4 is 5.32 Å². The number of ether oxygens (including phenoxy) is 1. The number of rotatable bonds is 3. The van der Waals surface area contributed by atoms with Gasteiger partial charge in [-0.15, -0.1) is 0 Å². The predicted octanol–water partition coefficient (Wildman–Crippen LogP) is 2.65. The first-order valence-corrected chi connectivity index (χ1v) is 6.59. The normalized spacial score (nSPS) is 26.7. The van der Waals surface area contributed by atoms with Gasteiger partial charge in [0.1, 0.15) is 5.60 Å². The fraction of sp³-hybridized carbons (Fsp3) is 0.857. The van der Waals surface area contributed by atoms with Crippen LogP contribution in [0.15, 0.2) is 0 Å². The van der Waals surface area contributed by atoms with Crippen molar-refractivity contribution in [1.82, 2.24) is 5.32 Å². The van der Waals surface area contributed by atoms with Crippen molar-refractivity contribution in [3.63, 3.8) is 0 Å². The fourth-order valence-corrected chi connectivity index (χ4v) is 2.49. The van der Waals surface area contributed by atoms with Gasteiger partial charge in [-0.1, -0.05) is 20.8 Å². The zero-order chi connectivity index (χ0) is 15.1. The maximum atomic E-state index is 11.6. The van der Waals surface area contributed by atoms with E-state index in [0.29, 0.717) is 6.42 Å². The molecule has 0 aromatic heterocycles. The molecule has 1 saturated carbocycles. The summed E-state index contributed by atoms with van der Waals surface area (Å²) in [6.45, 7) is 11.5. The molecule has 0 saturated heterocycles. The van der Waals surface area contributed by atoms with E-state index in [2.05, 4.69) is 5.32 Å². The van der Waals surface area contributed by atoms with Crippen molar-refractivity contribution in [2.75, 3.05) is 6.54 Å². The summed E-state index contributed by atoms with van der Waals surface area (Å²) < 4.78 is 5.12. The topological polar surface area (TPSA) is 75.6 Å². The van der Waals surface area contributed by atoms with Crippen molar-refractivity contribution >= 4 is 12.1 Å². The molecule has 0 aromatic carbocycles. The number of carboxylic acids is 1. The summed E-state index contributed by atoms with van der Waals surface area (Å²) in [5.74, 6) is -0.768. The number of carbonyl (C=O) groups is 2. The molecule has 1 amide bonds. The molecule has 0 aliphatic heterocycles. The predicted molar refractivity (Wildman–Crippen MR) is 71.9 cm³/mol. The SMILES string of the molecule is CC(C)(C)OC(=O)NC[C@@]1(C(=O)O)C[C@@H]1C(C)(C)C. The summed E-state index contributed by atoms with van der Waals surface area (Å²) in [7, 11) is 0. The molecule has 5 heteroatoms. The molecule has 1 fully saturated rings. The number of amides is 1. The third-order valence-corrected chi connectivity index (χ3v) is 3.49. The van der Waals surface area contributed by atoms with E-state index < -0.39 is 23.1 Å². The summed E-state index contributed by atoms with van der Waals surface area (Å²) in [5, 5.41) is 12.0. The zero-order valence-electron chi connectivity index (χ0n) is 12.7. The van der Waals surface area contributed by atoms with Gasteiger partial charge in [0.05, 0.1) is 5.41 Å². The zero-order valence-corrected chi connectivity index (χ0v) is 12.7. The van der Waals surface area contributed by atoms with Crippen LogP contribution >= 0.6 is 0 Å². The largest absolute Gasteiger partial charge is 0.481 e. The maximum absolute atomic E-state index is 11.6. The van der Waals surface area contributed by atoms with E-state index in [0.717, 1.165) is 0 Å². The molecular formula is C14H25NO4. The van der Waals surface area contributed by atoms with E-state index in [-0.39, 0.29) is 17.9 Å². The Bertz CT molecular complexity index is 378. The second-order valence-electron chi connectivity index (χ2n) is 7.44. The highest BCUT2D eigenvalue weighted by molar-refractivity contribution is 5.80. The van der Waals surface area contributed by atoms with E-state index >= 15 is 0 Å². The van der Waals surface area contributed by atoms with Crippen LogP contribution in [-0.2, 0) is 9.53 Å². The molecule has 0 radical (unpaired) electrons. The average molecular weight is 271 g/mol. The monoisotopic (exact) mass is 271 g/mol. The van der Waals surface area contributed by atoms with Crippen molar-refractivity contribution in [2.24, 2.45) is 16.7 Å². The quantitative estimate of drug-likeness (QED) is 0.827. The van der Waals surface area contributed by atoms with Gasteiger partial charge in [-0.3, -0.25) is 4.79 Å². The molecule has 0 unspecified atom stereocenters. The first-order chi connectivity index (χ1) is 8.38. The number of carboxylic acid groups (broad SMARTS) is 1. The number of hydrogen-bond acceptors (Lipinski definition) is 3. The Balaban J connectivity index is 2.60. The number of aliphatic carboxylic acids is 1. The highest BCUT2D eigenvalue weighted by Crippen LogP contribution is 2.60. The third-order valence-electron chi connectivity index (χ3n) is 3.49. The summed E-state index contributed by atoms with van der Waals surface area (Å²) in [6.07, 6.45) is 0.0365. The van der Waals surface area contributed by atoms with Gasteiger partial charge >= 0.3 is 12.1 Å². The van der Waals surface area contributed by atoms with E-state index in [1.807, 2.05) is 20.8 Å². The number of carbonyl (C=O) groups excluding carboxylic acids is 1. The molecule has 1 aliphatic rings. The van der Waals surface area contributed by atoms with Crippen LogP contribution in [0.2, 0.25) is 0 Å². The Labute approximate surface area is 114 Å². The molecule has 2 N–H and O–H groups in total. The van der Waals surface area contributed by atoms with Gasteiger partial charge < -0.3 is 15.2 Å². The smallest absolute Gasteiger partial charge is 0.407 e. The Morgan fingerprint density at radius 1 is 1.26 bits per heavy atom. The van der Waals surface area contributed by atoms with Crippen LogP contribution in [-0.4, -0.2) is 29.3 Å². The van der Waals surface area contributed by atoms with Crippen LogP contribution in [0, 0.1) is 16.7 Å². The minimum Gasteiger partial charge on any atom is -0.481 e. The lowest BCUT2D eigenvalue weighted by Crippen LogP contribution is -2.39. The van der Waals surface area contributed by atoms with Gasteiger partial charge in [0, 0.05) is 6.54 Å². The number of alkyl carbamates (subject to hydrolysis) is 1. The van der Waals surface area contributed by atoms with Crippen molar-refractivity contribution in [3.05, 3.63) is 0 Å². The Morgan fingerprint density at radius 2 is 1.79 bits per heavy atom. The molecule has 2 atom stereocenters. The highest BCUT2D eigenvalue weighted by Gasteiger charge is 2.64. The van der Waals surface area contributed by atoms with Crippen molar-refractivity contribution in [1.29, 1.82) is 0 Å². The second kappa shape index (κ2) is 4.69. The molecule has 19 heavy (non-hydrogen) atoms. The molecule has 0 bridgehead atoms. The van der Waals surface area contributed by atoms with Crippen LogP contribution in [0.5, 0.6) is 0 Å². The standard InChI is InChI=1S/C14H25NO4/c1-12(2,3)9-7-14(9,10(16)17)8-15-11(18)19-13(4,5)6/h9H,7-8H2,1-6H3,(H,15,18)(H,16,17)/t9-,14+/m1/s1. The fourth-order valence-electron chi connectivity index (χ4n) is 2.49. The Hall–Kier alpha value is -1.26. The van der Waals surface area contributed by atoms with Gasteiger partial charge in [0.2, 0.25) is 0 Å². The molecule has 0 heterocycles. The van der Waals surface area contributed by atoms with E-state index in [1.165, 1.54) is 0 Å². The minimum absolute atomic E-state index is 0.0754. The summed E-state index contributed by atoms with van der Waals surface area (Å²) in [5.41, 5.74) is -1.49. The van der Waals surface area contributed by atoms with Crippen LogP contribution in [0.1, 0.15) is 48.0 Å². The lowest BCUT2D eigenvalue weighted by atomic mass is 9.84.